The van der Waals surface area contributed by atoms with Crippen LogP contribution < -0.4 is 16.0 Å². The first kappa shape index (κ1) is 30.6. The number of unbranched alkanes of at least 4 members (excludes halogenated alkanes) is 1. The first-order chi connectivity index (χ1) is 20.8. The Hall–Kier alpha value is -5.39. The number of ether oxygens (including phenoxy) is 1. The maximum Gasteiger partial charge on any atom is 0.407 e. The van der Waals surface area contributed by atoms with Crippen molar-refractivity contribution in [2.24, 2.45) is 0 Å². The van der Waals surface area contributed by atoms with Gasteiger partial charge in [-0.15, -0.1) is 0 Å². The number of alkyl carbamates (subject to hydrolysis) is 1. The van der Waals surface area contributed by atoms with Crippen molar-refractivity contribution < 1.29 is 29.0 Å². The second-order valence-electron chi connectivity index (χ2n) is 9.78. The fourth-order valence-corrected chi connectivity index (χ4v) is 4.16. The van der Waals surface area contributed by atoms with Crippen LogP contribution in [0.2, 0.25) is 0 Å². The van der Waals surface area contributed by atoms with Gasteiger partial charge >= 0.3 is 18.1 Å². The summed E-state index contributed by atoms with van der Waals surface area (Å²) in [5, 5.41) is 17.1. The van der Waals surface area contributed by atoms with Crippen LogP contribution in [-0.4, -0.2) is 63.2 Å². The van der Waals surface area contributed by atoms with E-state index in [1.807, 2.05) is 49.4 Å². The monoisotopic (exact) mass is 586 g/mol. The quantitative estimate of drug-likeness (QED) is 0.144. The number of hydrogen-bond donors (Lipinski definition) is 5. The van der Waals surface area contributed by atoms with E-state index in [2.05, 4.69) is 25.9 Å². The van der Waals surface area contributed by atoms with Gasteiger partial charge in [0, 0.05) is 24.3 Å². The van der Waals surface area contributed by atoms with E-state index in [4.69, 9.17) is 4.74 Å². The number of nitrogens with one attached hydrogen (secondary N) is 4. The van der Waals surface area contributed by atoms with E-state index < -0.39 is 24.0 Å². The minimum Gasteiger partial charge on any atom is -0.480 e. The van der Waals surface area contributed by atoms with Crippen molar-refractivity contribution in [2.45, 2.75) is 38.9 Å². The van der Waals surface area contributed by atoms with E-state index in [1.54, 1.807) is 41.3 Å². The van der Waals surface area contributed by atoms with Gasteiger partial charge in [0.25, 0.3) is 5.91 Å². The number of urea groups is 1. The van der Waals surface area contributed by atoms with Crippen LogP contribution in [0.1, 0.15) is 41.5 Å². The Morgan fingerprint density at radius 1 is 0.953 bits per heavy atom. The Morgan fingerprint density at radius 2 is 1.67 bits per heavy atom. The van der Waals surface area contributed by atoms with Gasteiger partial charge < -0.3 is 35.7 Å². The van der Waals surface area contributed by atoms with Gasteiger partial charge in [-0.25, -0.2) is 19.4 Å². The number of fused-ring (bicyclic) bond motifs is 1. The molecule has 0 saturated heterocycles. The number of carboxylic acids is 1. The van der Waals surface area contributed by atoms with E-state index in [1.165, 1.54) is 0 Å². The molecule has 0 spiro atoms. The average molecular weight is 587 g/mol. The number of amides is 4. The van der Waals surface area contributed by atoms with Crippen molar-refractivity contribution >= 4 is 40.7 Å². The molecule has 1 heterocycles. The van der Waals surface area contributed by atoms with Gasteiger partial charge in [-0.2, -0.15) is 0 Å². The van der Waals surface area contributed by atoms with Crippen LogP contribution in [0.4, 0.5) is 15.3 Å². The number of imidazole rings is 1. The van der Waals surface area contributed by atoms with Crippen molar-refractivity contribution in [3.63, 3.8) is 0 Å². The summed E-state index contributed by atoms with van der Waals surface area (Å²) in [6, 6.07) is 21.6. The molecule has 1 atom stereocenters. The van der Waals surface area contributed by atoms with Crippen LogP contribution in [0.3, 0.4) is 0 Å². The van der Waals surface area contributed by atoms with Gasteiger partial charge in [0.1, 0.15) is 11.9 Å². The molecule has 224 valence electrons. The molecule has 4 aromatic rings. The Labute approximate surface area is 248 Å². The van der Waals surface area contributed by atoms with Gasteiger partial charge in [-0.3, -0.25) is 4.79 Å². The smallest absolute Gasteiger partial charge is 0.407 e. The number of carboxylic acid groups (broad SMARTS) is 1. The highest BCUT2D eigenvalue weighted by Gasteiger charge is 2.22. The summed E-state index contributed by atoms with van der Waals surface area (Å²) < 4.78 is 4.94. The van der Waals surface area contributed by atoms with Gasteiger partial charge in [-0.1, -0.05) is 55.8 Å². The first-order valence-corrected chi connectivity index (χ1v) is 13.9. The lowest BCUT2D eigenvalue weighted by molar-refractivity contribution is -0.139. The summed E-state index contributed by atoms with van der Waals surface area (Å²) >= 11 is 0. The van der Waals surface area contributed by atoms with Gasteiger partial charge in [0.05, 0.1) is 24.2 Å². The molecule has 0 aliphatic carbocycles. The molecule has 0 bridgehead atoms. The number of carbonyl (C=O) groups excluding carboxylic acids is 3. The number of anilines is 1. The summed E-state index contributed by atoms with van der Waals surface area (Å²) in [5.41, 5.74) is 3.36. The molecule has 43 heavy (non-hydrogen) atoms. The maximum atomic E-state index is 13.3. The maximum absolute atomic E-state index is 13.3. The number of para-hydroxylation sites is 3. The predicted molar refractivity (Wildman–Crippen MR) is 160 cm³/mol. The molecule has 4 amide bonds. The van der Waals surface area contributed by atoms with Crippen LogP contribution in [0.15, 0.2) is 78.9 Å². The van der Waals surface area contributed by atoms with Crippen LogP contribution in [0, 0.1) is 0 Å². The molecule has 1 aromatic heterocycles. The number of aromatic nitrogens is 2. The molecule has 0 fully saturated rings. The number of nitrogens with zero attached hydrogens (tertiary/aromatic N) is 2. The lowest BCUT2D eigenvalue weighted by atomic mass is 10.1. The zero-order valence-electron chi connectivity index (χ0n) is 23.7. The molecule has 3 aromatic carbocycles. The number of benzene rings is 3. The number of aliphatic carboxylic acids is 1. The lowest BCUT2D eigenvalue weighted by Gasteiger charge is -2.22. The fourth-order valence-electron chi connectivity index (χ4n) is 4.16. The fraction of sp³-hybridized carbons (Fsp3) is 0.258. The highest BCUT2D eigenvalue weighted by atomic mass is 16.5. The Morgan fingerprint density at radius 3 is 2.37 bits per heavy atom. The number of carbonyl (C=O) groups is 4. The summed E-state index contributed by atoms with van der Waals surface area (Å²) in [4.78, 5) is 58.8. The predicted octanol–water partition coefficient (Wildman–Crippen LogP) is 4.51. The topological polar surface area (TPSA) is 166 Å². The minimum absolute atomic E-state index is 0.178. The van der Waals surface area contributed by atoms with Crippen LogP contribution in [-0.2, 0) is 22.6 Å². The normalized spacial score (nSPS) is 11.4. The summed E-state index contributed by atoms with van der Waals surface area (Å²) in [7, 11) is 0. The molecular weight excluding hydrogens is 552 g/mol. The standard InChI is InChI=1S/C31H34N6O6/c1-2-3-17-43-31(42)36-26(29(39)40)18-32-28(38)22-15-13-21(14-16-22)19-37(30(41)33-23-9-5-4-6-10-23)20-27-34-24-11-7-8-12-25(24)35-27/h4-16,26H,2-3,17-20H2,1H3,(H,32,38)(H,33,41)(H,34,35)(H,36,42)(H,39,40)/t26-/m0/s1. The third-order valence-electron chi connectivity index (χ3n) is 6.47. The molecule has 4 rings (SSSR count). The Bertz CT molecular complexity index is 1510. The third-order valence-corrected chi connectivity index (χ3v) is 6.47. The second-order valence-corrected chi connectivity index (χ2v) is 9.78. The zero-order chi connectivity index (χ0) is 30.6. The van der Waals surface area contributed by atoms with Gasteiger partial charge in [0.2, 0.25) is 0 Å². The van der Waals surface area contributed by atoms with Crippen LogP contribution in [0.5, 0.6) is 0 Å². The zero-order valence-corrected chi connectivity index (χ0v) is 23.7. The second kappa shape index (κ2) is 15.0. The molecule has 5 N–H and O–H groups in total. The number of rotatable bonds is 13. The van der Waals surface area contributed by atoms with Gasteiger partial charge in [0.15, 0.2) is 0 Å². The minimum atomic E-state index is -1.35. The molecule has 0 saturated carbocycles. The molecule has 0 aliphatic heterocycles. The van der Waals surface area contributed by atoms with Crippen LogP contribution in [0.25, 0.3) is 11.0 Å². The highest BCUT2D eigenvalue weighted by Crippen LogP contribution is 2.16. The van der Waals surface area contributed by atoms with Crippen molar-refractivity contribution in [3.8, 4) is 0 Å². The molecule has 0 radical (unpaired) electrons. The first-order valence-electron chi connectivity index (χ1n) is 13.9. The van der Waals surface area contributed by atoms with Crippen LogP contribution >= 0.6 is 0 Å². The average Bonchev–Trinajstić information content (AvgIpc) is 3.42. The molecule has 12 heteroatoms. The van der Waals surface area contributed by atoms with E-state index in [9.17, 15) is 24.3 Å². The largest absolute Gasteiger partial charge is 0.480 e. The third kappa shape index (κ3) is 9.05. The number of hydrogen-bond acceptors (Lipinski definition) is 6. The SMILES string of the molecule is CCCCOC(=O)N[C@@H](CNC(=O)c1ccc(CN(Cc2nc3ccccc3[nH]2)C(=O)Nc2ccccc2)cc1)C(=O)O. The van der Waals surface area contributed by atoms with E-state index in [-0.39, 0.29) is 37.8 Å². The number of aromatic amines is 1. The Kier molecular flexibility index (Phi) is 10.7. The van der Waals surface area contributed by atoms with E-state index in [0.29, 0.717) is 17.9 Å². The van der Waals surface area contributed by atoms with Crippen molar-refractivity contribution in [3.05, 3.63) is 95.8 Å². The van der Waals surface area contributed by atoms with E-state index >= 15 is 0 Å². The molecule has 12 nitrogen and oxygen atoms in total. The van der Waals surface area contributed by atoms with Crippen molar-refractivity contribution in [2.75, 3.05) is 18.5 Å². The molecule has 0 unspecified atom stereocenters. The van der Waals surface area contributed by atoms with Gasteiger partial charge in [-0.05, 0) is 48.4 Å². The highest BCUT2D eigenvalue weighted by molar-refractivity contribution is 5.94. The molecular formula is C31H34N6O6. The van der Waals surface area contributed by atoms with Crippen molar-refractivity contribution in [1.82, 2.24) is 25.5 Å². The van der Waals surface area contributed by atoms with E-state index in [0.717, 1.165) is 23.0 Å². The summed E-state index contributed by atoms with van der Waals surface area (Å²) in [6.07, 6.45) is 0.626. The summed E-state index contributed by atoms with van der Waals surface area (Å²) in [6.45, 7) is 2.22. The summed E-state index contributed by atoms with van der Waals surface area (Å²) in [5.74, 6) is -1.20. The number of H-pyrrole nitrogens is 1. The lowest BCUT2D eigenvalue weighted by Crippen LogP contribution is -2.48. The Balaban J connectivity index is 1.40. The molecule has 0 aliphatic rings. The van der Waals surface area contributed by atoms with Crippen molar-refractivity contribution in [1.29, 1.82) is 0 Å².